The van der Waals surface area contributed by atoms with Crippen LogP contribution in [0.1, 0.15) is 37.3 Å². The largest absolute Gasteiger partial charge is 0.305 e. The Balaban J connectivity index is 1.71. The van der Waals surface area contributed by atoms with E-state index in [0.717, 1.165) is 36.1 Å². The number of thiazole rings is 1. The molecule has 2 aliphatic rings. The smallest absolute Gasteiger partial charge is 0.233 e. The van der Waals surface area contributed by atoms with Gasteiger partial charge in [0.05, 0.1) is 17.3 Å². The van der Waals surface area contributed by atoms with E-state index in [1.165, 1.54) is 29.5 Å². The van der Waals surface area contributed by atoms with E-state index in [9.17, 15) is 13.6 Å². The molecule has 0 saturated heterocycles. The number of nitrogens with zero attached hydrogens (tertiary/aromatic N) is 2. The van der Waals surface area contributed by atoms with Gasteiger partial charge in [0.25, 0.3) is 0 Å². The van der Waals surface area contributed by atoms with Gasteiger partial charge in [0.2, 0.25) is 5.91 Å². The fourth-order valence-corrected chi connectivity index (χ4v) is 6.46. The number of carbonyl (C=O) groups excluding carboxylic acids is 1. The maximum absolute atomic E-state index is 14.6. The van der Waals surface area contributed by atoms with E-state index in [1.54, 1.807) is 29.2 Å². The average molecular weight is 477 g/mol. The molecule has 1 aliphatic heterocycles. The number of hydrogen-bond donors (Lipinski definition) is 0. The first-order chi connectivity index (χ1) is 15.0. The van der Waals surface area contributed by atoms with Crippen molar-refractivity contribution in [2.45, 2.75) is 38.3 Å². The quantitative estimate of drug-likeness (QED) is 0.375. The third-order valence-corrected chi connectivity index (χ3v) is 8.00. The highest BCUT2D eigenvalue weighted by atomic mass is 35.5. The second kappa shape index (κ2) is 8.11. The van der Waals surface area contributed by atoms with Crippen LogP contribution in [0.15, 0.2) is 42.5 Å². The summed E-state index contributed by atoms with van der Waals surface area (Å²) in [5, 5.41) is 0.280. The Bertz CT molecular complexity index is 1200. The van der Waals surface area contributed by atoms with E-state index < -0.39 is 5.82 Å². The van der Waals surface area contributed by atoms with Crippen molar-refractivity contribution in [2.24, 2.45) is 5.92 Å². The molecule has 3 nitrogen and oxygen atoms in total. The van der Waals surface area contributed by atoms with Gasteiger partial charge in [0.1, 0.15) is 17.5 Å². The molecule has 1 aromatic heterocycles. The van der Waals surface area contributed by atoms with Crippen LogP contribution in [0, 0.1) is 21.5 Å². The highest BCUT2D eigenvalue weighted by Gasteiger charge is 2.44. The molecule has 3 aromatic rings. The molecule has 1 amide bonds. The van der Waals surface area contributed by atoms with Crippen molar-refractivity contribution >= 4 is 46.9 Å². The van der Waals surface area contributed by atoms with Gasteiger partial charge in [-0.3, -0.25) is 9.69 Å². The molecular weight excluding hydrogens is 458 g/mol. The first-order valence-corrected chi connectivity index (χ1v) is 11.8. The van der Waals surface area contributed by atoms with Gasteiger partial charge in [-0.1, -0.05) is 42.6 Å². The number of amides is 1. The number of halogens is 3. The molecule has 0 bridgehead atoms. The fraction of sp³-hybridized carbons (Fsp3) is 0.304. The van der Waals surface area contributed by atoms with Crippen molar-refractivity contribution < 1.29 is 13.6 Å². The zero-order chi connectivity index (χ0) is 21.7. The monoisotopic (exact) mass is 476 g/mol. The van der Waals surface area contributed by atoms with E-state index in [4.69, 9.17) is 23.8 Å². The maximum Gasteiger partial charge on any atom is 0.233 e. The minimum atomic E-state index is -0.449. The molecule has 1 saturated carbocycles. The van der Waals surface area contributed by atoms with Crippen molar-refractivity contribution in [2.75, 3.05) is 4.90 Å². The average Bonchev–Trinajstić information content (AvgIpc) is 3.10. The summed E-state index contributed by atoms with van der Waals surface area (Å²) in [6, 6.07) is 10.7. The molecule has 1 fully saturated rings. The first kappa shape index (κ1) is 20.8. The molecule has 1 aliphatic carbocycles. The van der Waals surface area contributed by atoms with E-state index in [2.05, 4.69) is 4.57 Å². The van der Waals surface area contributed by atoms with E-state index >= 15 is 0 Å². The highest BCUT2D eigenvalue weighted by molar-refractivity contribution is 7.73. The minimum Gasteiger partial charge on any atom is -0.305 e. The Morgan fingerprint density at radius 2 is 1.84 bits per heavy atom. The topological polar surface area (TPSA) is 25.2 Å². The van der Waals surface area contributed by atoms with Gasteiger partial charge in [-0.25, -0.2) is 8.78 Å². The molecule has 2 unspecified atom stereocenters. The predicted molar refractivity (Wildman–Crippen MR) is 122 cm³/mol. The lowest BCUT2D eigenvalue weighted by atomic mass is 9.82. The lowest BCUT2D eigenvalue weighted by Crippen LogP contribution is -2.47. The van der Waals surface area contributed by atoms with E-state index in [-0.39, 0.29) is 40.8 Å². The molecule has 8 heteroatoms. The van der Waals surface area contributed by atoms with Crippen LogP contribution in [-0.4, -0.2) is 10.5 Å². The fourth-order valence-electron chi connectivity index (χ4n) is 4.72. The Labute approximate surface area is 192 Å². The summed E-state index contributed by atoms with van der Waals surface area (Å²) < 4.78 is 30.9. The summed E-state index contributed by atoms with van der Waals surface area (Å²) in [4.78, 5) is 16.1. The Morgan fingerprint density at radius 1 is 1.10 bits per heavy atom. The van der Waals surface area contributed by atoms with Crippen LogP contribution < -0.4 is 4.90 Å². The van der Waals surface area contributed by atoms with Gasteiger partial charge in [-0.05, 0) is 54.9 Å². The summed E-state index contributed by atoms with van der Waals surface area (Å²) in [5.74, 6) is -0.336. The first-order valence-electron chi connectivity index (χ1n) is 10.2. The number of fused-ring (bicyclic) bond motifs is 3. The Kier molecular flexibility index (Phi) is 5.44. The summed E-state index contributed by atoms with van der Waals surface area (Å²) in [6.45, 7) is 0.0211. The van der Waals surface area contributed by atoms with Crippen LogP contribution in [-0.2, 0) is 11.3 Å². The molecule has 2 aromatic carbocycles. The molecule has 0 spiro atoms. The lowest BCUT2D eigenvalue weighted by molar-refractivity contribution is -0.126. The number of rotatable bonds is 3. The van der Waals surface area contributed by atoms with Gasteiger partial charge in [-0.15, -0.1) is 11.3 Å². The molecule has 5 rings (SSSR count). The number of anilines is 1. The third-order valence-electron chi connectivity index (χ3n) is 6.20. The molecule has 2 heterocycles. The van der Waals surface area contributed by atoms with Gasteiger partial charge in [-0.2, -0.15) is 0 Å². The molecule has 2 atom stereocenters. The number of benzene rings is 2. The van der Waals surface area contributed by atoms with E-state index in [1.807, 2.05) is 0 Å². The van der Waals surface area contributed by atoms with E-state index in [0.29, 0.717) is 9.77 Å². The zero-order valence-corrected chi connectivity index (χ0v) is 18.9. The zero-order valence-electron chi connectivity index (χ0n) is 16.5. The molecule has 160 valence electrons. The van der Waals surface area contributed by atoms with Gasteiger partial charge in [0.15, 0.2) is 3.95 Å². The van der Waals surface area contributed by atoms with Crippen LogP contribution >= 0.6 is 35.2 Å². The summed E-state index contributed by atoms with van der Waals surface area (Å²) >= 11 is 13.4. The molecule has 0 radical (unpaired) electrons. The van der Waals surface area contributed by atoms with Crippen LogP contribution in [0.2, 0.25) is 5.02 Å². The molecule has 0 N–H and O–H groups in total. The Morgan fingerprint density at radius 3 is 2.58 bits per heavy atom. The normalized spacial score (nSPS) is 20.5. The van der Waals surface area contributed by atoms with Crippen molar-refractivity contribution in [1.82, 2.24) is 4.57 Å². The Hall–Kier alpha value is -2.09. The van der Waals surface area contributed by atoms with Crippen LogP contribution in [0.4, 0.5) is 14.6 Å². The van der Waals surface area contributed by atoms with Crippen LogP contribution in [0.3, 0.4) is 0 Å². The van der Waals surface area contributed by atoms with Gasteiger partial charge >= 0.3 is 0 Å². The maximum atomic E-state index is 14.6. The van der Waals surface area contributed by atoms with Crippen LogP contribution in [0.5, 0.6) is 0 Å². The number of carbonyl (C=O) groups is 1. The standard InChI is InChI=1S/C23H19ClF2N2OS2/c24-17-5-3-6-18(26)16(17)12-27-21-20(13-8-10-14(25)11-9-13)31-23(30)28(21)19-7-2-1-4-15(19)22(27)29/h3,5-6,8-11,15,19H,1-2,4,7,12H2. The summed E-state index contributed by atoms with van der Waals surface area (Å²) in [7, 11) is 0. The van der Waals surface area contributed by atoms with Gasteiger partial charge in [0, 0.05) is 16.6 Å². The SMILES string of the molecule is O=C1C2CCCCC2n2c(c(-c3ccc(F)cc3)sc2=S)N1Cc1c(F)cccc1Cl. The molecule has 31 heavy (non-hydrogen) atoms. The highest BCUT2D eigenvalue weighted by Crippen LogP contribution is 2.49. The molecular formula is C23H19ClF2N2OS2. The summed E-state index contributed by atoms with van der Waals surface area (Å²) in [5.41, 5.74) is 1.05. The van der Waals surface area contributed by atoms with Gasteiger partial charge < -0.3 is 4.57 Å². The second-order valence-corrected chi connectivity index (χ2v) is 10.0. The predicted octanol–water partition coefficient (Wildman–Crippen LogP) is 7.16. The van der Waals surface area contributed by atoms with Crippen molar-refractivity contribution in [1.29, 1.82) is 0 Å². The number of aromatic nitrogens is 1. The minimum absolute atomic E-state index is 0.00143. The van der Waals surface area contributed by atoms with Crippen molar-refractivity contribution in [3.05, 3.63) is 68.6 Å². The lowest BCUT2D eigenvalue weighted by Gasteiger charge is -2.42. The summed E-state index contributed by atoms with van der Waals surface area (Å²) in [6.07, 6.45) is 3.69. The van der Waals surface area contributed by atoms with Crippen molar-refractivity contribution in [3.8, 4) is 10.4 Å². The number of hydrogen-bond acceptors (Lipinski definition) is 3. The van der Waals surface area contributed by atoms with Crippen LogP contribution in [0.25, 0.3) is 10.4 Å². The third kappa shape index (κ3) is 3.52. The van der Waals surface area contributed by atoms with Crippen molar-refractivity contribution in [3.63, 3.8) is 0 Å². The second-order valence-electron chi connectivity index (χ2n) is 7.98.